The summed E-state index contributed by atoms with van der Waals surface area (Å²) in [6, 6.07) is 8.89. The first-order valence-corrected chi connectivity index (χ1v) is 10.1. The summed E-state index contributed by atoms with van der Waals surface area (Å²) in [5.41, 5.74) is 6.67. The molecule has 3 rings (SSSR count). The van der Waals surface area contributed by atoms with Crippen molar-refractivity contribution in [1.82, 2.24) is 9.88 Å². The number of hydrogen-bond acceptors (Lipinski definition) is 5. The number of ether oxygens (including phenoxy) is 1. The first kappa shape index (κ1) is 20.9. The number of benzene rings is 1. The van der Waals surface area contributed by atoms with E-state index in [1.54, 1.807) is 35.5 Å². The zero-order chi connectivity index (χ0) is 20.6. The zero-order valence-electron chi connectivity index (χ0n) is 16.1. The number of nitrogens with two attached hydrogens (primary N) is 1. The maximum atomic E-state index is 13.1. The summed E-state index contributed by atoms with van der Waals surface area (Å²) in [6.45, 7) is 1.31. The third-order valence-electron chi connectivity index (χ3n) is 4.87. The van der Waals surface area contributed by atoms with Crippen molar-refractivity contribution in [2.75, 3.05) is 25.0 Å². The molecule has 1 heterocycles. The molecule has 3 N–H and O–H groups in total. The van der Waals surface area contributed by atoms with Crippen LogP contribution >= 0.6 is 11.6 Å². The standard InChI is InChI=1S/C21H25ClN4O3/c22-16-12-15(21(28)26(10-6-20(23)27)18-2-1-3-18)13-19(14-16)29-11-9-25-17-4-7-24-8-5-17/h4-5,7-8,12-14,18H,1-3,6,9-11H2,(H2,23,27)(H,24,25). The molecule has 0 saturated heterocycles. The molecule has 154 valence electrons. The molecule has 0 aliphatic heterocycles. The van der Waals surface area contributed by atoms with E-state index in [1.807, 2.05) is 12.1 Å². The lowest BCUT2D eigenvalue weighted by Crippen LogP contribution is -2.45. The molecule has 0 bridgehead atoms. The van der Waals surface area contributed by atoms with Crippen LogP contribution in [0, 0.1) is 0 Å². The Kier molecular flexibility index (Phi) is 7.30. The Bertz CT molecular complexity index is 843. The van der Waals surface area contributed by atoms with Crippen molar-refractivity contribution in [2.45, 2.75) is 31.7 Å². The number of halogens is 1. The third-order valence-corrected chi connectivity index (χ3v) is 5.09. The van der Waals surface area contributed by atoms with Crippen LogP contribution in [0.1, 0.15) is 36.0 Å². The fraction of sp³-hybridized carbons (Fsp3) is 0.381. The van der Waals surface area contributed by atoms with Gasteiger partial charge in [-0.2, -0.15) is 0 Å². The minimum Gasteiger partial charge on any atom is -0.492 e. The number of primary amides is 1. The van der Waals surface area contributed by atoms with Gasteiger partial charge in [-0.15, -0.1) is 0 Å². The fourth-order valence-electron chi connectivity index (χ4n) is 3.15. The van der Waals surface area contributed by atoms with Crippen LogP contribution in [0.25, 0.3) is 0 Å². The number of nitrogens with zero attached hydrogens (tertiary/aromatic N) is 2. The van der Waals surface area contributed by atoms with Gasteiger partial charge < -0.3 is 20.7 Å². The second kappa shape index (κ2) is 10.1. The van der Waals surface area contributed by atoms with Crippen LogP contribution in [0.3, 0.4) is 0 Å². The summed E-state index contributed by atoms with van der Waals surface area (Å²) in [4.78, 5) is 29.9. The van der Waals surface area contributed by atoms with Gasteiger partial charge in [-0.25, -0.2) is 0 Å². The number of amides is 2. The Morgan fingerprint density at radius 1 is 1.24 bits per heavy atom. The van der Waals surface area contributed by atoms with Crippen molar-refractivity contribution in [2.24, 2.45) is 5.73 Å². The maximum Gasteiger partial charge on any atom is 0.254 e. The van der Waals surface area contributed by atoms with E-state index in [9.17, 15) is 9.59 Å². The lowest BCUT2D eigenvalue weighted by molar-refractivity contribution is -0.118. The van der Waals surface area contributed by atoms with E-state index >= 15 is 0 Å². The number of pyridine rings is 1. The van der Waals surface area contributed by atoms with E-state index in [-0.39, 0.29) is 18.4 Å². The van der Waals surface area contributed by atoms with Crippen LogP contribution in [-0.4, -0.2) is 47.4 Å². The van der Waals surface area contributed by atoms with Crippen molar-refractivity contribution in [3.8, 4) is 5.75 Å². The van der Waals surface area contributed by atoms with Crippen LogP contribution in [0.4, 0.5) is 5.69 Å². The number of rotatable bonds is 10. The number of hydrogen-bond donors (Lipinski definition) is 2. The molecule has 1 saturated carbocycles. The minimum absolute atomic E-state index is 0.146. The van der Waals surface area contributed by atoms with Crippen LogP contribution in [0.2, 0.25) is 5.02 Å². The highest BCUT2D eigenvalue weighted by Gasteiger charge is 2.29. The van der Waals surface area contributed by atoms with Gasteiger partial charge in [0.15, 0.2) is 0 Å². The fourth-order valence-corrected chi connectivity index (χ4v) is 3.37. The summed E-state index contributed by atoms with van der Waals surface area (Å²) < 4.78 is 5.77. The molecule has 7 nitrogen and oxygen atoms in total. The van der Waals surface area contributed by atoms with Gasteiger partial charge in [0, 0.05) is 54.2 Å². The molecule has 1 aliphatic carbocycles. The van der Waals surface area contributed by atoms with Gasteiger partial charge in [0.2, 0.25) is 5.91 Å². The molecule has 8 heteroatoms. The Morgan fingerprint density at radius 2 is 2.00 bits per heavy atom. The summed E-state index contributed by atoms with van der Waals surface area (Å²) in [5, 5.41) is 3.65. The average molecular weight is 417 g/mol. The minimum atomic E-state index is -0.418. The van der Waals surface area contributed by atoms with Crippen LogP contribution < -0.4 is 15.8 Å². The number of nitrogens with one attached hydrogen (secondary N) is 1. The SMILES string of the molecule is NC(=O)CCN(C(=O)c1cc(Cl)cc(OCCNc2ccncc2)c1)C1CCC1. The predicted molar refractivity (Wildman–Crippen MR) is 112 cm³/mol. The lowest BCUT2D eigenvalue weighted by atomic mass is 9.90. The molecule has 1 fully saturated rings. The summed E-state index contributed by atoms with van der Waals surface area (Å²) in [6.07, 6.45) is 6.53. The van der Waals surface area contributed by atoms with E-state index in [4.69, 9.17) is 22.1 Å². The van der Waals surface area contributed by atoms with Gasteiger partial charge in [0.05, 0.1) is 0 Å². The van der Waals surface area contributed by atoms with Gasteiger partial charge in [0.25, 0.3) is 5.91 Å². The second-order valence-corrected chi connectivity index (χ2v) is 7.42. The topological polar surface area (TPSA) is 97.6 Å². The molecule has 0 unspecified atom stereocenters. The summed E-state index contributed by atoms with van der Waals surface area (Å²) in [5.74, 6) is -0.0435. The summed E-state index contributed by atoms with van der Waals surface area (Å²) in [7, 11) is 0. The third kappa shape index (κ3) is 6.09. The number of aromatic nitrogens is 1. The monoisotopic (exact) mass is 416 g/mol. The first-order valence-electron chi connectivity index (χ1n) is 9.69. The quantitative estimate of drug-likeness (QED) is 0.580. The molecule has 1 aromatic carbocycles. The number of carbonyl (C=O) groups excluding carboxylic acids is 2. The number of anilines is 1. The van der Waals surface area contributed by atoms with Crippen LogP contribution in [-0.2, 0) is 4.79 Å². The Hall–Kier alpha value is -2.80. The van der Waals surface area contributed by atoms with Gasteiger partial charge in [-0.05, 0) is 49.6 Å². The molecular formula is C21H25ClN4O3. The second-order valence-electron chi connectivity index (χ2n) is 6.99. The average Bonchev–Trinajstić information content (AvgIpc) is 2.66. The van der Waals surface area contributed by atoms with Crippen molar-refractivity contribution in [3.05, 3.63) is 53.3 Å². The van der Waals surface area contributed by atoms with E-state index in [0.717, 1.165) is 24.9 Å². The van der Waals surface area contributed by atoms with E-state index in [1.165, 1.54) is 0 Å². The van der Waals surface area contributed by atoms with Crippen LogP contribution in [0.15, 0.2) is 42.7 Å². The van der Waals surface area contributed by atoms with E-state index in [0.29, 0.717) is 36.0 Å². The molecule has 1 aliphatic rings. The molecule has 1 aromatic heterocycles. The highest BCUT2D eigenvalue weighted by Crippen LogP contribution is 2.28. The normalized spacial score (nSPS) is 13.4. The van der Waals surface area contributed by atoms with Crippen LogP contribution in [0.5, 0.6) is 5.75 Å². The predicted octanol–water partition coefficient (Wildman–Crippen LogP) is 3.10. The smallest absolute Gasteiger partial charge is 0.254 e. The van der Waals surface area contributed by atoms with E-state index < -0.39 is 5.91 Å². The Balaban J connectivity index is 1.61. The largest absolute Gasteiger partial charge is 0.492 e. The van der Waals surface area contributed by atoms with Gasteiger partial charge in [0.1, 0.15) is 12.4 Å². The molecule has 2 aromatic rings. The molecule has 0 atom stereocenters. The highest BCUT2D eigenvalue weighted by molar-refractivity contribution is 6.31. The molecular weight excluding hydrogens is 392 g/mol. The summed E-state index contributed by atoms with van der Waals surface area (Å²) >= 11 is 6.21. The molecule has 29 heavy (non-hydrogen) atoms. The Labute approximate surface area is 175 Å². The van der Waals surface area contributed by atoms with Gasteiger partial charge in [-0.1, -0.05) is 11.6 Å². The Morgan fingerprint density at radius 3 is 2.66 bits per heavy atom. The van der Waals surface area contributed by atoms with Crippen molar-refractivity contribution in [1.29, 1.82) is 0 Å². The van der Waals surface area contributed by atoms with Gasteiger partial charge in [-0.3, -0.25) is 14.6 Å². The van der Waals surface area contributed by atoms with E-state index in [2.05, 4.69) is 10.3 Å². The van der Waals surface area contributed by atoms with Gasteiger partial charge >= 0.3 is 0 Å². The lowest BCUT2D eigenvalue weighted by Gasteiger charge is -2.37. The van der Waals surface area contributed by atoms with Crippen molar-refractivity contribution < 1.29 is 14.3 Å². The van der Waals surface area contributed by atoms with Crippen molar-refractivity contribution >= 4 is 29.1 Å². The molecule has 0 radical (unpaired) electrons. The highest BCUT2D eigenvalue weighted by atomic mass is 35.5. The number of carbonyl (C=O) groups is 2. The zero-order valence-corrected chi connectivity index (χ0v) is 16.9. The molecule has 2 amide bonds. The van der Waals surface area contributed by atoms with Crippen molar-refractivity contribution in [3.63, 3.8) is 0 Å². The maximum absolute atomic E-state index is 13.1. The first-order chi connectivity index (χ1) is 14.0. The molecule has 0 spiro atoms.